The summed E-state index contributed by atoms with van der Waals surface area (Å²) >= 11 is 5.85. The average molecular weight is 346 g/mol. The van der Waals surface area contributed by atoms with Crippen LogP contribution in [0.25, 0.3) is 11.5 Å². The summed E-state index contributed by atoms with van der Waals surface area (Å²) in [4.78, 5) is 11.9. The number of aryl methyl sites for hydroxylation is 2. The first-order chi connectivity index (χ1) is 11.6. The first kappa shape index (κ1) is 16.2. The minimum Gasteiger partial charge on any atom is -0.421 e. The van der Waals surface area contributed by atoms with Crippen LogP contribution in [-0.4, -0.2) is 25.9 Å². The third kappa shape index (κ3) is 3.99. The Hall–Kier alpha value is -2.67. The van der Waals surface area contributed by atoms with Crippen LogP contribution in [0.4, 0.5) is 5.69 Å². The van der Waals surface area contributed by atoms with E-state index in [2.05, 4.69) is 20.6 Å². The zero-order chi connectivity index (χ0) is 16.9. The summed E-state index contributed by atoms with van der Waals surface area (Å²) in [6, 6.07) is 7.12. The molecule has 0 bridgehead atoms. The second kappa shape index (κ2) is 7.27. The Kier molecular flexibility index (Phi) is 4.90. The van der Waals surface area contributed by atoms with Gasteiger partial charge < -0.3 is 9.73 Å². The Morgan fingerprint density at radius 1 is 1.29 bits per heavy atom. The maximum absolute atomic E-state index is 11.9. The molecule has 0 unspecified atom stereocenters. The molecule has 7 nitrogen and oxygen atoms in total. The summed E-state index contributed by atoms with van der Waals surface area (Å²) in [5, 5.41) is 15.5. The molecule has 0 saturated carbocycles. The molecule has 1 N–H and O–H groups in total. The number of hydrogen-bond donors (Lipinski definition) is 1. The van der Waals surface area contributed by atoms with Gasteiger partial charge in [0.1, 0.15) is 0 Å². The molecule has 0 aliphatic rings. The van der Waals surface area contributed by atoms with E-state index in [0.717, 1.165) is 12.1 Å². The molecule has 0 atom stereocenters. The molecule has 3 aromatic rings. The molecule has 0 aliphatic heterocycles. The fourth-order valence-corrected chi connectivity index (χ4v) is 2.23. The summed E-state index contributed by atoms with van der Waals surface area (Å²) in [6.45, 7) is 2.73. The third-order valence-electron chi connectivity index (χ3n) is 3.36. The lowest BCUT2D eigenvalue weighted by Crippen LogP contribution is -2.12. The topological polar surface area (TPSA) is 85.8 Å². The van der Waals surface area contributed by atoms with Crippen LogP contribution in [0.1, 0.15) is 19.2 Å². The van der Waals surface area contributed by atoms with Crippen LogP contribution in [0.3, 0.4) is 0 Å². The number of halogens is 1. The van der Waals surface area contributed by atoms with Crippen LogP contribution in [0, 0.1) is 0 Å². The van der Waals surface area contributed by atoms with Crippen LogP contribution in [0.15, 0.2) is 41.1 Å². The standard InChI is InChI=1S/C16H16ClN5O2/c1-2-22-10-13(9-18-22)19-14(23)7-8-15-20-21-16(24-15)11-3-5-12(17)6-4-11/h3-6,9-10H,2,7-8H2,1H3,(H,19,23). The zero-order valence-corrected chi connectivity index (χ0v) is 13.8. The lowest BCUT2D eigenvalue weighted by molar-refractivity contribution is -0.116. The summed E-state index contributed by atoms with van der Waals surface area (Å²) in [5.41, 5.74) is 1.46. The number of carbonyl (C=O) groups excluding carboxylic acids is 1. The number of benzene rings is 1. The Bertz CT molecular complexity index is 825. The van der Waals surface area contributed by atoms with Gasteiger partial charge in [0.2, 0.25) is 17.7 Å². The number of hydrogen-bond acceptors (Lipinski definition) is 5. The number of anilines is 1. The molecule has 124 valence electrons. The van der Waals surface area contributed by atoms with Gasteiger partial charge in [0, 0.05) is 36.2 Å². The van der Waals surface area contributed by atoms with Crippen molar-refractivity contribution in [1.82, 2.24) is 20.0 Å². The van der Waals surface area contributed by atoms with Crippen molar-refractivity contribution in [2.45, 2.75) is 26.3 Å². The molecule has 1 aromatic carbocycles. The molecule has 8 heteroatoms. The summed E-state index contributed by atoms with van der Waals surface area (Å²) in [6.07, 6.45) is 4.02. The van der Waals surface area contributed by atoms with Crippen molar-refractivity contribution >= 4 is 23.2 Å². The number of amides is 1. The van der Waals surface area contributed by atoms with Crippen molar-refractivity contribution in [3.05, 3.63) is 47.6 Å². The van der Waals surface area contributed by atoms with Crippen molar-refractivity contribution in [2.75, 3.05) is 5.32 Å². The predicted octanol–water partition coefficient (Wildman–Crippen LogP) is 3.18. The number of nitrogens with one attached hydrogen (secondary N) is 1. The number of rotatable bonds is 6. The highest BCUT2D eigenvalue weighted by molar-refractivity contribution is 6.30. The molecule has 2 heterocycles. The van der Waals surface area contributed by atoms with E-state index in [-0.39, 0.29) is 12.3 Å². The van der Waals surface area contributed by atoms with Gasteiger partial charge in [0.15, 0.2) is 0 Å². The van der Waals surface area contributed by atoms with E-state index in [9.17, 15) is 4.79 Å². The smallest absolute Gasteiger partial charge is 0.247 e. The first-order valence-corrected chi connectivity index (χ1v) is 7.92. The Labute approximate surface area is 143 Å². The number of carbonyl (C=O) groups is 1. The lowest BCUT2D eigenvalue weighted by atomic mass is 10.2. The molecule has 2 aromatic heterocycles. The minimum atomic E-state index is -0.128. The molecular weight excluding hydrogens is 330 g/mol. The van der Waals surface area contributed by atoms with E-state index in [4.69, 9.17) is 16.0 Å². The van der Waals surface area contributed by atoms with Crippen molar-refractivity contribution < 1.29 is 9.21 Å². The fourth-order valence-electron chi connectivity index (χ4n) is 2.11. The number of nitrogens with zero attached hydrogens (tertiary/aromatic N) is 4. The maximum atomic E-state index is 11.9. The maximum Gasteiger partial charge on any atom is 0.247 e. The molecular formula is C16H16ClN5O2. The SMILES string of the molecule is CCn1cc(NC(=O)CCc2nnc(-c3ccc(Cl)cc3)o2)cn1. The third-order valence-corrected chi connectivity index (χ3v) is 3.62. The van der Waals surface area contributed by atoms with E-state index in [1.807, 2.05) is 6.92 Å². The van der Waals surface area contributed by atoms with Crippen molar-refractivity contribution in [3.63, 3.8) is 0 Å². The monoisotopic (exact) mass is 345 g/mol. The molecule has 0 saturated heterocycles. The summed E-state index contributed by atoms with van der Waals surface area (Å²) in [7, 11) is 0. The second-order valence-corrected chi connectivity index (χ2v) is 5.58. The largest absolute Gasteiger partial charge is 0.421 e. The zero-order valence-electron chi connectivity index (χ0n) is 13.1. The van der Waals surface area contributed by atoms with Crippen molar-refractivity contribution in [1.29, 1.82) is 0 Å². The quantitative estimate of drug-likeness (QED) is 0.741. The van der Waals surface area contributed by atoms with Crippen LogP contribution >= 0.6 is 11.6 Å². The van der Waals surface area contributed by atoms with Gasteiger partial charge in [-0.2, -0.15) is 5.10 Å². The Balaban J connectivity index is 1.55. The van der Waals surface area contributed by atoms with Gasteiger partial charge in [0.05, 0.1) is 11.9 Å². The van der Waals surface area contributed by atoms with Gasteiger partial charge in [-0.15, -0.1) is 10.2 Å². The normalized spacial score (nSPS) is 10.8. The first-order valence-electron chi connectivity index (χ1n) is 7.54. The molecule has 0 fully saturated rings. The molecule has 24 heavy (non-hydrogen) atoms. The highest BCUT2D eigenvalue weighted by Crippen LogP contribution is 2.20. The van der Waals surface area contributed by atoms with Crippen molar-refractivity contribution in [3.8, 4) is 11.5 Å². The second-order valence-electron chi connectivity index (χ2n) is 5.14. The highest BCUT2D eigenvalue weighted by atomic mass is 35.5. The average Bonchev–Trinajstić information content (AvgIpc) is 3.23. The van der Waals surface area contributed by atoms with Gasteiger partial charge in [0.25, 0.3) is 0 Å². The minimum absolute atomic E-state index is 0.128. The van der Waals surface area contributed by atoms with Crippen LogP contribution in [0.5, 0.6) is 0 Å². The van der Waals surface area contributed by atoms with E-state index < -0.39 is 0 Å². The van der Waals surface area contributed by atoms with E-state index >= 15 is 0 Å². The highest BCUT2D eigenvalue weighted by Gasteiger charge is 2.11. The van der Waals surface area contributed by atoms with Crippen LogP contribution in [-0.2, 0) is 17.8 Å². The van der Waals surface area contributed by atoms with Gasteiger partial charge >= 0.3 is 0 Å². The Morgan fingerprint density at radius 3 is 2.79 bits per heavy atom. The number of aromatic nitrogens is 4. The van der Waals surface area contributed by atoms with E-state index in [1.54, 1.807) is 41.3 Å². The van der Waals surface area contributed by atoms with Gasteiger partial charge in [-0.05, 0) is 31.2 Å². The fraction of sp³-hybridized carbons (Fsp3) is 0.250. The van der Waals surface area contributed by atoms with Crippen molar-refractivity contribution in [2.24, 2.45) is 0 Å². The molecule has 0 radical (unpaired) electrons. The van der Waals surface area contributed by atoms with E-state index in [1.165, 1.54) is 0 Å². The molecule has 0 spiro atoms. The van der Waals surface area contributed by atoms with E-state index in [0.29, 0.717) is 28.9 Å². The molecule has 3 rings (SSSR count). The van der Waals surface area contributed by atoms with Crippen LogP contribution < -0.4 is 5.32 Å². The molecule has 0 aliphatic carbocycles. The summed E-state index contributed by atoms with van der Waals surface area (Å²) < 4.78 is 7.31. The van der Waals surface area contributed by atoms with Crippen LogP contribution in [0.2, 0.25) is 5.02 Å². The lowest BCUT2D eigenvalue weighted by Gasteiger charge is -2.00. The van der Waals surface area contributed by atoms with Gasteiger partial charge in [-0.25, -0.2) is 0 Å². The van der Waals surface area contributed by atoms with Gasteiger partial charge in [-0.3, -0.25) is 9.48 Å². The molecule has 1 amide bonds. The Morgan fingerprint density at radius 2 is 2.08 bits per heavy atom. The van der Waals surface area contributed by atoms with Gasteiger partial charge in [-0.1, -0.05) is 11.6 Å². The predicted molar refractivity (Wildman–Crippen MR) is 89.6 cm³/mol. The summed E-state index contributed by atoms with van der Waals surface area (Å²) in [5.74, 6) is 0.697.